The summed E-state index contributed by atoms with van der Waals surface area (Å²) in [4.78, 5) is 20.2. The molecule has 0 N–H and O–H groups in total. The number of carbonyl (C=O) groups excluding carboxylic acids is 1. The highest BCUT2D eigenvalue weighted by Crippen LogP contribution is 2.40. The van der Waals surface area contributed by atoms with Gasteiger partial charge in [0.05, 0.1) is 19.1 Å². The van der Waals surface area contributed by atoms with Crippen LogP contribution in [0.2, 0.25) is 18.1 Å². The average molecular weight is 535 g/mol. The van der Waals surface area contributed by atoms with Crippen molar-refractivity contribution in [2.24, 2.45) is 0 Å². The summed E-state index contributed by atoms with van der Waals surface area (Å²) < 4.78 is 18.6. The molecule has 0 amide bonds. The lowest BCUT2D eigenvalue weighted by Gasteiger charge is -2.38. The number of oxazole rings is 1. The van der Waals surface area contributed by atoms with Crippen molar-refractivity contribution in [3.05, 3.63) is 66.6 Å². The number of nitrogens with zero attached hydrogens (tertiary/aromatic N) is 2. The van der Waals surface area contributed by atoms with Crippen molar-refractivity contribution in [1.29, 1.82) is 0 Å². The van der Waals surface area contributed by atoms with E-state index in [1.54, 1.807) is 0 Å². The highest BCUT2D eigenvalue weighted by atomic mass is 28.4. The molecule has 0 aliphatic carbocycles. The smallest absolute Gasteiger partial charge is 0.307 e. The second-order valence-corrected chi connectivity index (χ2v) is 16.4. The first-order chi connectivity index (χ1) is 18.1. The molecule has 0 bridgehead atoms. The van der Waals surface area contributed by atoms with E-state index in [0.717, 1.165) is 36.2 Å². The maximum atomic E-state index is 12.8. The van der Waals surface area contributed by atoms with Gasteiger partial charge in [-0.25, -0.2) is 4.98 Å². The van der Waals surface area contributed by atoms with E-state index in [0.29, 0.717) is 24.9 Å². The summed E-state index contributed by atoms with van der Waals surface area (Å²) in [7, 11) is -1.91. The van der Waals surface area contributed by atoms with Crippen LogP contribution < -0.4 is 0 Å². The van der Waals surface area contributed by atoms with Crippen LogP contribution in [-0.4, -0.2) is 50.0 Å². The fourth-order valence-corrected chi connectivity index (χ4v) is 5.79. The first-order valence-corrected chi connectivity index (χ1v) is 16.7. The molecule has 204 valence electrons. The quantitative estimate of drug-likeness (QED) is 0.198. The van der Waals surface area contributed by atoms with Crippen molar-refractivity contribution in [2.75, 3.05) is 19.8 Å². The maximum Gasteiger partial charge on any atom is 0.307 e. The molecule has 3 aromatic rings. The molecule has 7 heteroatoms. The minimum absolute atomic E-state index is 0.137. The fourth-order valence-electron chi connectivity index (χ4n) is 4.75. The topological polar surface area (TPSA) is 64.8 Å². The van der Waals surface area contributed by atoms with Gasteiger partial charge >= 0.3 is 5.97 Å². The fraction of sp³-hybridized carbons (Fsp3) is 0.484. The van der Waals surface area contributed by atoms with Gasteiger partial charge in [0.15, 0.2) is 14.1 Å². The number of rotatable bonds is 10. The number of carbonyl (C=O) groups is 1. The zero-order valence-electron chi connectivity index (χ0n) is 23.7. The Morgan fingerprint density at radius 1 is 1.08 bits per heavy atom. The molecule has 2 aromatic carbocycles. The summed E-state index contributed by atoms with van der Waals surface area (Å²) in [6, 6.07) is 20.0. The van der Waals surface area contributed by atoms with E-state index in [1.165, 1.54) is 0 Å². The lowest BCUT2D eigenvalue weighted by atomic mass is 10.1. The van der Waals surface area contributed by atoms with E-state index in [1.807, 2.05) is 67.6 Å². The minimum atomic E-state index is -1.91. The van der Waals surface area contributed by atoms with Crippen LogP contribution in [0, 0.1) is 0 Å². The van der Waals surface area contributed by atoms with E-state index in [9.17, 15) is 4.79 Å². The third-order valence-corrected chi connectivity index (χ3v) is 12.4. The predicted octanol–water partition coefficient (Wildman–Crippen LogP) is 7.49. The van der Waals surface area contributed by atoms with Crippen molar-refractivity contribution in [2.45, 2.75) is 77.2 Å². The normalized spacial score (nSPS) is 17.5. The van der Waals surface area contributed by atoms with E-state index in [4.69, 9.17) is 18.6 Å². The molecule has 0 unspecified atom stereocenters. The predicted molar refractivity (Wildman–Crippen MR) is 154 cm³/mol. The Morgan fingerprint density at radius 2 is 1.71 bits per heavy atom. The van der Waals surface area contributed by atoms with Crippen LogP contribution in [0.3, 0.4) is 0 Å². The van der Waals surface area contributed by atoms with Crippen molar-refractivity contribution >= 4 is 14.3 Å². The third kappa shape index (κ3) is 6.45. The molecule has 1 fully saturated rings. The summed E-state index contributed by atoms with van der Waals surface area (Å²) in [5.74, 6) is 1.03. The lowest BCUT2D eigenvalue weighted by molar-refractivity contribution is -0.145. The first-order valence-electron chi connectivity index (χ1n) is 13.8. The second-order valence-electron chi connectivity index (χ2n) is 11.6. The van der Waals surface area contributed by atoms with Gasteiger partial charge in [0.2, 0.25) is 5.89 Å². The molecule has 1 saturated heterocycles. The van der Waals surface area contributed by atoms with E-state index < -0.39 is 8.32 Å². The van der Waals surface area contributed by atoms with Crippen molar-refractivity contribution in [3.63, 3.8) is 0 Å². The number of esters is 1. The van der Waals surface area contributed by atoms with E-state index in [-0.39, 0.29) is 29.5 Å². The Labute approximate surface area is 228 Å². The van der Waals surface area contributed by atoms with Gasteiger partial charge in [-0.1, -0.05) is 81.4 Å². The summed E-state index contributed by atoms with van der Waals surface area (Å²) in [5.41, 5.74) is 2.73. The summed E-state index contributed by atoms with van der Waals surface area (Å²) >= 11 is 0. The van der Waals surface area contributed by atoms with Gasteiger partial charge < -0.3 is 13.6 Å². The molecule has 2 heterocycles. The highest BCUT2D eigenvalue weighted by Gasteiger charge is 2.41. The molecule has 0 spiro atoms. The Bertz CT molecular complexity index is 1130. The van der Waals surface area contributed by atoms with E-state index >= 15 is 0 Å². The van der Waals surface area contributed by atoms with Crippen molar-refractivity contribution in [3.8, 4) is 22.6 Å². The standard InChI is InChI=1S/C31H42N2O4Si/c1-7-35-27(34)21-26(33-20-14-19-25(33)22-36-38(5,6)31(2,3)4)30-32-28(23-15-10-8-11-16-23)29(37-30)24-17-12-9-13-18-24/h8-13,15-18,25-26H,7,14,19-22H2,1-6H3/t25-,26+/m0/s1. The molecule has 0 radical (unpaired) electrons. The number of ether oxygens (including phenoxy) is 1. The average Bonchev–Trinajstić information content (AvgIpc) is 3.54. The van der Waals surface area contributed by atoms with Crippen molar-refractivity contribution < 1.29 is 18.4 Å². The zero-order valence-corrected chi connectivity index (χ0v) is 24.7. The van der Waals surface area contributed by atoms with Gasteiger partial charge in [-0.3, -0.25) is 9.69 Å². The van der Waals surface area contributed by atoms with Crippen LogP contribution in [-0.2, 0) is 14.0 Å². The Morgan fingerprint density at radius 3 is 2.32 bits per heavy atom. The highest BCUT2D eigenvalue weighted by molar-refractivity contribution is 6.74. The van der Waals surface area contributed by atoms with Crippen LogP contribution in [0.4, 0.5) is 0 Å². The van der Waals surface area contributed by atoms with Crippen LogP contribution in [0.1, 0.15) is 58.9 Å². The Hall–Kier alpha value is -2.74. The maximum absolute atomic E-state index is 12.8. The minimum Gasteiger partial charge on any atom is -0.466 e. The Balaban J connectivity index is 1.71. The largest absolute Gasteiger partial charge is 0.466 e. The van der Waals surface area contributed by atoms with Gasteiger partial charge in [-0.15, -0.1) is 0 Å². The van der Waals surface area contributed by atoms with Crippen LogP contribution in [0.15, 0.2) is 65.1 Å². The van der Waals surface area contributed by atoms with Gasteiger partial charge in [0, 0.05) is 23.8 Å². The monoisotopic (exact) mass is 534 g/mol. The molecule has 2 atom stereocenters. The first kappa shape index (κ1) is 28.3. The molecule has 4 rings (SSSR count). The van der Waals surface area contributed by atoms with Crippen molar-refractivity contribution in [1.82, 2.24) is 9.88 Å². The number of aromatic nitrogens is 1. The number of hydrogen-bond acceptors (Lipinski definition) is 6. The molecule has 1 aliphatic rings. The van der Waals surface area contributed by atoms with Gasteiger partial charge in [0.25, 0.3) is 0 Å². The summed E-state index contributed by atoms with van der Waals surface area (Å²) in [6.45, 7) is 15.1. The summed E-state index contributed by atoms with van der Waals surface area (Å²) in [5, 5.41) is 0.137. The van der Waals surface area contributed by atoms with Crippen LogP contribution in [0.25, 0.3) is 22.6 Å². The summed E-state index contributed by atoms with van der Waals surface area (Å²) in [6.07, 6.45) is 2.25. The number of hydrogen-bond donors (Lipinski definition) is 0. The molecule has 1 aliphatic heterocycles. The molecular formula is C31H42N2O4Si. The molecule has 38 heavy (non-hydrogen) atoms. The van der Waals surface area contributed by atoms with E-state index in [2.05, 4.69) is 38.8 Å². The SMILES string of the molecule is CCOC(=O)C[C@H](c1nc(-c2ccccc2)c(-c2ccccc2)o1)N1CCC[C@H]1CO[Si](C)(C)C(C)(C)C. The van der Waals surface area contributed by atoms with Gasteiger partial charge in [-0.05, 0) is 44.4 Å². The lowest BCUT2D eigenvalue weighted by Crippen LogP contribution is -2.45. The van der Waals surface area contributed by atoms with Crippen LogP contribution >= 0.6 is 0 Å². The number of likely N-dealkylation sites (tertiary alicyclic amines) is 1. The van der Waals surface area contributed by atoms with Gasteiger partial charge in [0.1, 0.15) is 5.69 Å². The molecule has 1 aromatic heterocycles. The van der Waals surface area contributed by atoms with Crippen LogP contribution in [0.5, 0.6) is 0 Å². The van der Waals surface area contributed by atoms with Gasteiger partial charge in [-0.2, -0.15) is 0 Å². The molecule has 0 saturated carbocycles. The third-order valence-electron chi connectivity index (χ3n) is 7.94. The zero-order chi connectivity index (χ0) is 27.3. The molecule has 6 nitrogen and oxygen atoms in total. The second kappa shape index (κ2) is 12.0. The molecular weight excluding hydrogens is 492 g/mol. The number of benzene rings is 2. The Kier molecular flexibility index (Phi) is 8.91.